The molecule has 1 atom stereocenters. The Morgan fingerprint density at radius 2 is 1.76 bits per heavy atom. The molecule has 25 heavy (non-hydrogen) atoms. The van der Waals surface area contributed by atoms with Crippen LogP contribution in [0.3, 0.4) is 0 Å². The van der Waals surface area contributed by atoms with E-state index < -0.39 is 0 Å². The van der Waals surface area contributed by atoms with E-state index in [-0.39, 0.29) is 11.9 Å². The van der Waals surface area contributed by atoms with Gasteiger partial charge in [0.15, 0.2) is 5.65 Å². The highest BCUT2D eigenvalue weighted by molar-refractivity contribution is 5.96. The van der Waals surface area contributed by atoms with Gasteiger partial charge in [-0.05, 0) is 35.4 Å². The number of aromatic nitrogens is 3. The van der Waals surface area contributed by atoms with Crippen molar-refractivity contribution in [3.05, 3.63) is 78.2 Å². The number of benzene rings is 2. The molecule has 0 saturated carbocycles. The van der Waals surface area contributed by atoms with Gasteiger partial charge >= 0.3 is 0 Å². The Hall–Kier alpha value is -3.34. The van der Waals surface area contributed by atoms with Gasteiger partial charge in [-0.15, -0.1) is 0 Å². The zero-order chi connectivity index (χ0) is 17.2. The molecule has 0 spiro atoms. The van der Waals surface area contributed by atoms with E-state index in [1.807, 2.05) is 25.1 Å². The van der Waals surface area contributed by atoms with Crippen molar-refractivity contribution in [2.45, 2.75) is 13.0 Å². The van der Waals surface area contributed by atoms with Crippen LogP contribution in [0.15, 0.2) is 67.1 Å². The van der Waals surface area contributed by atoms with Gasteiger partial charge in [-0.1, -0.05) is 36.4 Å². The van der Waals surface area contributed by atoms with Gasteiger partial charge in [0, 0.05) is 18.6 Å². The highest BCUT2D eigenvalue weighted by Gasteiger charge is 2.13. The fourth-order valence-corrected chi connectivity index (χ4v) is 2.82. The number of nitrogens with one attached hydrogen (secondary N) is 1. The van der Waals surface area contributed by atoms with Crippen LogP contribution in [-0.2, 0) is 0 Å². The molecule has 4 aromatic rings. The number of fused-ring (bicyclic) bond motifs is 2. The van der Waals surface area contributed by atoms with E-state index in [0.29, 0.717) is 16.7 Å². The molecule has 1 amide bonds. The zero-order valence-electron chi connectivity index (χ0n) is 13.7. The highest BCUT2D eigenvalue weighted by atomic mass is 16.1. The standard InChI is InChI=1S/C20H16N4O/c1-13(15-7-6-14-4-2-3-5-16(14)10-15)24-20(25)17-11-18-19(23-12-17)22-9-8-21-18/h2-13H,1H3,(H,24,25)/t13-/m0/s1. The average Bonchev–Trinajstić information content (AvgIpc) is 2.67. The second-order valence-corrected chi connectivity index (χ2v) is 5.92. The van der Waals surface area contributed by atoms with E-state index in [4.69, 9.17) is 0 Å². The maximum Gasteiger partial charge on any atom is 0.253 e. The first kappa shape index (κ1) is 15.2. The minimum Gasteiger partial charge on any atom is -0.345 e. The Morgan fingerprint density at radius 3 is 2.64 bits per heavy atom. The van der Waals surface area contributed by atoms with Crippen molar-refractivity contribution in [2.75, 3.05) is 0 Å². The Labute approximate surface area is 144 Å². The second-order valence-electron chi connectivity index (χ2n) is 5.92. The summed E-state index contributed by atoms with van der Waals surface area (Å²) in [6, 6.07) is 16.0. The van der Waals surface area contributed by atoms with Crippen molar-refractivity contribution in [3.63, 3.8) is 0 Å². The highest BCUT2D eigenvalue weighted by Crippen LogP contribution is 2.20. The molecule has 1 N–H and O–H groups in total. The van der Waals surface area contributed by atoms with E-state index in [9.17, 15) is 4.79 Å². The summed E-state index contributed by atoms with van der Waals surface area (Å²) in [7, 11) is 0. The Bertz CT molecular complexity index is 1080. The predicted octanol–water partition coefficient (Wildman–Crippen LogP) is 3.67. The van der Waals surface area contributed by atoms with E-state index >= 15 is 0 Å². The number of carbonyl (C=O) groups excluding carboxylic acids is 1. The number of pyridine rings is 1. The van der Waals surface area contributed by atoms with Gasteiger partial charge in [-0.3, -0.25) is 9.78 Å². The van der Waals surface area contributed by atoms with Crippen LogP contribution in [0.1, 0.15) is 28.9 Å². The van der Waals surface area contributed by atoms with E-state index in [0.717, 1.165) is 10.9 Å². The SMILES string of the molecule is C[C@H](NC(=O)c1cnc2nccnc2c1)c1ccc2ccccc2c1. The summed E-state index contributed by atoms with van der Waals surface area (Å²) >= 11 is 0. The van der Waals surface area contributed by atoms with Crippen molar-refractivity contribution in [2.24, 2.45) is 0 Å². The minimum absolute atomic E-state index is 0.116. The molecule has 2 aromatic heterocycles. The molecule has 5 nitrogen and oxygen atoms in total. The molecule has 4 rings (SSSR count). The number of rotatable bonds is 3. The Balaban J connectivity index is 1.57. The zero-order valence-corrected chi connectivity index (χ0v) is 13.7. The third-order valence-corrected chi connectivity index (χ3v) is 4.21. The molecule has 0 bridgehead atoms. The summed E-state index contributed by atoms with van der Waals surface area (Å²) in [4.78, 5) is 25.0. The summed E-state index contributed by atoms with van der Waals surface area (Å²) < 4.78 is 0. The van der Waals surface area contributed by atoms with Gasteiger partial charge in [-0.2, -0.15) is 0 Å². The maximum atomic E-state index is 12.5. The smallest absolute Gasteiger partial charge is 0.253 e. The van der Waals surface area contributed by atoms with Gasteiger partial charge in [0.1, 0.15) is 5.52 Å². The molecule has 0 radical (unpaired) electrons. The van der Waals surface area contributed by atoms with Gasteiger partial charge < -0.3 is 5.32 Å². The molecule has 0 unspecified atom stereocenters. The molecule has 0 aliphatic carbocycles. The average molecular weight is 328 g/mol. The Morgan fingerprint density at radius 1 is 0.960 bits per heavy atom. The number of hydrogen-bond donors (Lipinski definition) is 1. The van der Waals surface area contributed by atoms with Crippen LogP contribution >= 0.6 is 0 Å². The van der Waals surface area contributed by atoms with Crippen LogP contribution in [0.2, 0.25) is 0 Å². The molecule has 0 fully saturated rings. The van der Waals surface area contributed by atoms with Crippen LogP contribution in [0.4, 0.5) is 0 Å². The summed E-state index contributed by atoms with van der Waals surface area (Å²) in [6.07, 6.45) is 4.69. The lowest BCUT2D eigenvalue weighted by atomic mass is 10.0. The third kappa shape index (κ3) is 3.04. The van der Waals surface area contributed by atoms with E-state index in [1.165, 1.54) is 11.6 Å². The predicted molar refractivity (Wildman–Crippen MR) is 97.2 cm³/mol. The molecule has 2 heterocycles. The monoisotopic (exact) mass is 328 g/mol. The topological polar surface area (TPSA) is 67.8 Å². The van der Waals surface area contributed by atoms with Crippen molar-refractivity contribution >= 4 is 27.8 Å². The van der Waals surface area contributed by atoms with Crippen LogP contribution in [0.5, 0.6) is 0 Å². The molecule has 2 aromatic carbocycles. The van der Waals surface area contributed by atoms with Crippen molar-refractivity contribution in [1.82, 2.24) is 20.3 Å². The normalized spacial score (nSPS) is 12.2. The largest absolute Gasteiger partial charge is 0.345 e. The number of amides is 1. The minimum atomic E-state index is -0.180. The quantitative estimate of drug-likeness (QED) is 0.623. The van der Waals surface area contributed by atoms with Gasteiger partial charge in [0.05, 0.1) is 11.6 Å². The Kier molecular flexibility index (Phi) is 3.82. The lowest BCUT2D eigenvalue weighted by molar-refractivity contribution is 0.0939. The van der Waals surface area contributed by atoms with Gasteiger partial charge in [0.25, 0.3) is 5.91 Å². The van der Waals surface area contributed by atoms with E-state index in [1.54, 1.807) is 18.5 Å². The van der Waals surface area contributed by atoms with Crippen molar-refractivity contribution in [1.29, 1.82) is 0 Å². The van der Waals surface area contributed by atoms with Crippen LogP contribution in [0.25, 0.3) is 21.9 Å². The molecule has 5 heteroatoms. The summed E-state index contributed by atoms with van der Waals surface area (Å²) in [5.41, 5.74) is 2.66. The van der Waals surface area contributed by atoms with Crippen molar-refractivity contribution < 1.29 is 4.79 Å². The summed E-state index contributed by atoms with van der Waals surface area (Å²) in [6.45, 7) is 1.97. The summed E-state index contributed by atoms with van der Waals surface area (Å²) in [5.74, 6) is -0.180. The number of nitrogens with zero attached hydrogens (tertiary/aromatic N) is 3. The van der Waals surface area contributed by atoms with Crippen molar-refractivity contribution in [3.8, 4) is 0 Å². The first-order valence-electron chi connectivity index (χ1n) is 8.07. The molecule has 0 saturated heterocycles. The lowest BCUT2D eigenvalue weighted by Crippen LogP contribution is -2.26. The maximum absolute atomic E-state index is 12.5. The fraction of sp³-hybridized carbons (Fsp3) is 0.100. The molecule has 122 valence electrons. The fourth-order valence-electron chi connectivity index (χ4n) is 2.82. The lowest BCUT2D eigenvalue weighted by Gasteiger charge is -2.15. The first-order chi connectivity index (χ1) is 12.2. The van der Waals surface area contributed by atoms with Gasteiger partial charge in [-0.25, -0.2) is 9.97 Å². The molecule has 0 aliphatic rings. The molecular weight excluding hydrogens is 312 g/mol. The van der Waals surface area contributed by atoms with Crippen LogP contribution < -0.4 is 5.32 Å². The third-order valence-electron chi connectivity index (χ3n) is 4.21. The molecule has 0 aliphatic heterocycles. The summed E-state index contributed by atoms with van der Waals surface area (Å²) in [5, 5.41) is 5.35. The van der Waals surface area contributed by atoms with E-state index in [2.05, 4.69) is 44.5 Å². The first-order valence-corrected chi connectivity index (χ1v) is 8.07. The molecular formula is C20H16N4O. The van der Waals surface area contributed by atoms with Crippen LogP contribution in [0, 0.1) is 0 Å². The number of hydrogen-bond acceptors (Lipinski definition) is 4. The van der Waals surface area contributed by atoms with Gasteiger partial charge in [0.2, 0.25) is 0 Å². The second kappa shape index (κ2) is 6.28. The number of carbonyl (C=O) groups is 1. The van der Waals surface area contributed by atoms with Crippen LogP contribution in [-0.4, -0.2) is 20.9 Å².